The predicted molar refractivity (Wildman–Crippen MR) is 84.4 cm³/mol. The molecule has 1 aliphatic carbocycles. The van der Waals surface area contributed by atoms with Crippen LogP contribution in [-0.2, 0) is 14.9 Å². The Morgan fingerprint density at radius 3 is 2.00 bits per heavy atom. The minimum atomic E-state index is -0.787. The van der Waals surface area contributed by atoms with Crippen LogP contribution in [0.1, 0.15) is 24.0 Å². The highest BCUT2D eigenvalue weighted by Crippen LogP contribution is 2.49. The zero-order valence-electron chi connectivity index (χ0n) is 12.6. The van der Waals surface area contributed by atoms with Gasteiger partial charge in [-0.05, 0) is 24.0 Å². The number of methoxy groups -OCH3 is 1. The second-order valence-electron chi connectivity index (χ2n) is 5.82. The summed E-state index contributed by atoms with van der Waals surface area (Å²) in [5, 5.41) is 11.0. The highest BCUT2D eigenvalue weighted by Gasteiger charge is 2.52. The number of rotatable bonds is 3. The third-order valence-corrected chi connectivity index (χ3v) is 4.82. The molecule has 2 aromatic carbocycles. The van der Waals surface area contributed by atoms with Crippen molar-refractivity contribution >= 4 is 5.97 Å². The lowest BCUT2D eigenvalue weighted by Crippen LogP contribution is -2.41. The molecule has 2 atom stereocenters. The van der Waals surface area contributed by atoms with Gasteiger partial charge in [0.05, 0.1) is 19.1 Å². The second-order valence-corrected chi connectivity index (χ2v) is 5.82. The summed E-state index contributed by atoms with van der Waals surface area (Å²) in [6.45, 7) is 0. The molecule has 2 unspecified atom stereocenters. The third-order valence-electron chi connectivity index (χ3n) is 4.82. The third kappa shape index (κ3) is 2.22. The Labute approximate surface area is 130 Å². The van der Waals surface area contributed by atoms with E-state index in [1.807, 2.05) is 60.7 Å². The number of aliphatic hydroxyl groups excluding tert-OH is 1. The van der Waals surface area contributed by atoms with Crippen molar-refractivity contribution in [2.24, 2.45) is 5.92 Å². The molecule has 2 aromatic rings. The number of carbonyl (C=O) groups is 1. The molecule has 1 saturated carbocycles. The van der Waals surface area contributed by atoms with Crippen molar-refractivity contribution in [2.45, 2.75) is 24.4 Å². The van der Waals surface area contributed by atoms with Crippen LogP contribution in [0.3, 0.4) is 0 Å². The zero-order valence-corrected chi connectivity index (χ0v) is 12.6. The fourth-order valence-corrected chi connectivity index (χ4v) is 3.70. The summed E-state index contributed by atoms with van der Waals surface area (Å²) < 4.78 is 4.87. The molecular weight excluding hydrogens is 276 g/mol. The van der Waals surface area contributed by atoms with Gasteiger partial charge in [-0.1, -0.05) is 60.7 Å². The van der Waals surface area contributed by atoms with Crippen LogP contribution >= 0.6 is 0 Å². The minimum Gasteiger partial charge on any atom is -0.469 e. The predicted octanol–water partition coefficient (Wildman–Crippen LogP) is 2.92. The maximum Gasteiger partial charge on any atom is 0.311 e. The molecule has 1 fully saturated rings. The number of hydrogen-bond donors (Lipinski definition) is 1. The van der Waals surface area contributed by atoms with Gasteiger partial charge in [0.2, 0.25) is 0 Å². The standard InChI is InChI=1S/C19H20O3/c1-22-18(21)16-12-13-19(17(16)20,14-8-4-2-5-9-14)15-10-6-3-7-11-15/h2-11,16-17,20H,12-13H2,1H3. The molecule has 0 radical (unpaired) electrons. The van der Waals surface area contributed by atoms with Gasteiger partial charge in [0.25, 0.3) is 0 Å². The number of carbonyl (C=O) groups excluding carboxylic acids is 1. The normalized spacial score (nSPS) is 23.2. The van der Waals surface area contributed by atoms with Gasteiger partial charge in [0, 0.05) is 5.41 Å². The van der Waals surface area contributed by atoms with Crippen molar-refractivity contribution in [1.82, 2.24) is 0 Å². The van der Waals surface area contributed by atoms with E-state index in [0.29, 0.717) is 6.42 Å². The first-order valence-electron chi connectivity index (χ1n) is 7.57. The molecule has 0 aromatic heterocycles. The van der Waals surface area contributed by atoms with E-state index in [1.165, 1.54) is 7.11 Å². The summed E-state index contributed by atoms with van der Waals surface area (Å²) in [6.07, 6.45) is 0.560. The smallest absolute Gasteiger partial charge is 0.311 e. The fourth-order valence-electron chi connectivity index (χ4n) is 3.70. The van der Waals surface area contributed by atoms with E-state index in [-0.39, 0.29) is 5.97 Å². The summed E-state index contributed by atoms with van der Waals surface area (Å²) in [5.74, 6) is -0.813. The molecule has 0 heterocycles. The molecule has 0 spiro atoms. The van der Waals surface area contributed by atoms with Gasteiger partial charge >= 0.3 is 5.97 Å². The van der Waals surface area contributed by atoms with Gasteiger partial charge in [-0.25, -0.2) is 0 Å². The van der Waals surface area contributed by atoms with Crippen LogP contribution in [0.15, 0.2) is 60.7 Å². The molecule has 1 N–H and O–H groups in total. The summed E-state index contributed by atoms with van der Waals surface area (Å²) in [5.41, 5.74) is 1.53. The van der Waals surface area contributed by atoms with Gasteiger partial charge in [-0.2, -0.15) is 0 Å². The number of aliphatic hydroxyl groups is 1. The zero-order chi connectivity index (χ0) is 15.6. The molecular formula is C19H20O3. The molecule has 0 aliphatic heterocycles. The molecule has 0 saturated heterocycles. The van der Waals surface area contributed by atoms with Gasteiger partial charge in [-0.15, -0.1) is 0 Å². The number of benzene rings is 2. The summed E-state index contributed by atoms with van der Waals surface area (Å²) in [6, 6.07) is 19.9. The molecule has 3 heteroatoms. The maximum absolute atomic E-state index is 12.0. The Bertz CT molecular complexity index is 597. The van der Waals surface area contributed by atoms with E-state index in [1.54, 1.807) is 0 Å². The molecule has 1 aliphatic rings. The Morgan fingerprint density at radius 2 is 1.55 bits per heavy atom. The highest BCUT2D eigenvalue weighted by atomic mass is 16.5. The van der Waals surface area contributed by atoms with Crippen LogP contribution in [0.4, 0.5) is 0 Å². The first kappa shape index (κ1) is 14.8. The van der Waals surface area contributed by atoms with Gasteiger partial charge in [0.1, 0.15) is 0 Å². The lowest BCUT2D eigenvalue weighted by atomic mass is 9.71. The summed E-state index contributed by atoms with van der Waals surface area (Å²) >= 11 is 0. The van der Waals surface area contributed by atoms with E-state index in [4.69, 9.17) is 4.74 Å². The average molecular weight is 296 g/mol. The van der Waals surface area contributed by atoms with Gasteiger partial charge in [-0.3, -0.25) is 4.79 Å². The topological polar surface area (TPSA) is 46.5 Å². The van der Waals surface area contributed by atoms with E-state index in [2.05, 4.69) is 0 Å². The Morgan fingerprint density at radius 1 is 1.05 bits per heavy atom. The number of hydrogen-bond acceptors (Lipinski definition) is 3. The minimum absolute atomic E-state index is 0.332. The fraction of sp³-hybridized carbons (Fsp3) is 0.316. The van der Waals surface area contributed by atoms with Crippen LogP contribution in [0.2, 0.25) is 0 Å². The molecule has 0 amide bonds. The van der Waals surface area contributed by atoms with Crippen LogP contribution in [0.25, 0.3) is 0 Å². The van der Waals surface area contributed by atoms with Crippen molar-refractivity contribution in [1.29, 1.82) is 0 Å². The quantitative estimate of drug-likeness (QED) is 0.886. The molecule has 0 bridgehead atoms. The van der Waals surface area contributed by atoms with Gasteiger partial charge < -0.3 is 9.84 Å². The second kappa shape index (κ2) is 5.93. The molecule has 22 heavy (non-hydrogen) atoms. The summed E-state index contributed by atoms with van der Waals surface area (Å²) in [4.78, 5) is 12.0. The summed E-state index contributed by atoms with van der Waals surface area (Å²) in [7, 11) is 1.38. The van der Waals surface area contributed by atoms with E-state index < -0.39 is 17.4 Å². The van der Waals surface area contributed by atoms with Crippen LogP contribution < -0.4 is 0 Å². The largest absolute Gasteiger partial charge is 0.469 e. The van der Waals surface area contributed by atoms with Crippen LogP contribution in [-0.4, -0.2) is 24.3 Å². The first-order valence-corrected chi connectivity index (χ1v) is 7.57. The molecule has 3 nitrogen and oxygen atoms in total. The monoisotopic (exact) mass is 296 g/mol. The Kier molecular flexibility index (Phi) is 3.99. The lowest BCUT2D eigenvalue weighted by Gasteiger charge is -2.35. The van der Waals surface area contributed by atoms with E-state index in [0.717, 1.165) is 17.5 Å². The van der Waals surface area contributed by atoms with Gasteiger partial charge in [0.15, 0.2) is 0 Å². The Balaban J connectivity index is 2.12. The Hall–Kier alpha value is -2.13. The molecule has 114 valence electrons. The van der Waals surface area contributed by atoms with Crippen LogP contribution in [0.5, 0.6) is 0 Å². The number of esters is 1. The number of ether oxygens (including phenoxy) is 1. The van der Waals surface area contributed by atoms with Crippen molar-refractivity contribution in [2.75, 3.05) is 7.11 Å². The lowest BCUT2D eigenvalue weighted by molar-refractivity contribution is -0.148. The van der Waals surface area contributed by atoms with E-state index >= 15 is 0 Å². The maximum atomic E-state index is 12.0. The van der Waals surface area contributed by atoms with Crippen molar-refractivity contribution in [3.63, 3.8) is 0 Å². The van der Waals surface area contributed by atoms with Crippen LogP contribution in [0, 0.1) is 5.92 Å². The SMILES string of the molecule is COC(=O)C1CCC(c2ccccc2)(c2ccccc2)C1O. The van der Waals surface area contributed by atoms with Crippen molar-refractivity contribution in [3.8, 4) is 0 Å². The molecule has 3 rings (SSSR count). The average Bonchev–Trinajstić information content (AvgIpc) is 2.94. The highest BCUT2D eigenvalue weighted by molar-refractivity contribution is 5.74. The van der Waals surface area contributed by atoms with E-state index in [9.17, 15) is 9.90 Å². The van der Waals surface area contributed by atoms with Crippen molar-refractivity contribution in [3.05, 3.63) is 71.8 Å². The first-order chi connectivity index (χ1) is 10.7. The van der Waals surface area contributed by atoms with Crippen molar-refractivity contribution < 1.29 is 14.6 Å².